The Morgan fingerprint density at radius 1 is 1.04 bits per heavy atom. The first-order valence-corrected chi connectivity index (χ1v) is 15.1. The van der Waals surface area contributed by atoms with Crippen LogP contribution >= 0.6 is 0 Å². The summed E-state index contributed by atoms with van der Waals surface area (Å²) in [4.78, 5) is 54.1. The number of urea groups is 1. The Kier molecular flexibility index (Phi) is 8.42. The fourth-order valence-electron chi connectivity index (χ4n) is 5.49. The van der Waals surface area contributed by atoms with Crippen molar-refractivity contribution in [1.82, 2.24) is 15.0 Å². The molecule has 47 heavy (non-hydrogen) atoms. The van der Waals surface area contributed by atoms with E-state index in [-0.39, 0.29) is 24.4 Å². The van der Waals surface area contributed by atoms with Crippen LogP contribution in [0.4, 0.5) is 39.3 Å². The SMILES string of the molecule is C=CC(=O)Nc1cc(Nc2ncc3c(n2)N(C)C(=O)N(c2cc(NC(=O)C(N)Cc4cc5ccccc5[nH]4)ccc2C)C3)ccc1C. The van der Waals surface area contributed by atoms with Gasteiger partial charge in [-0.2, -0.15) is 4.98 Å². The van der Waals surface area contributed by atoms with E-state index in [1.54, 1.807) is 36.3 Å². The first-order valence-electron chi connectivity index (χ1n) is 15.1. The van der Waals surface area contributed by atoms with E-state index in [9.17, 15) is 14.4 Å². The molecule has 0 spiro atoms. The Labute approximate surface area is 271 Å². The van der Waals surface area contributed by atoms with E-state index in [0.29, 0.717) is 40.9 Å². The van der Waals surface area contributed by atoms with Gasteiger partial charge in [0.15, 0.2) is 0 Å². The highest BCUT2D eigenvalue weighted by Gasteiger charge is 2.32. The summed E-state index contributed by atoms with van der Waals surface area (Å²) in [7, 11) is 1.66. The lowest BCUT2D eigenvalue weighted by Gasteiger charge is -2.35. The minimum atomic E-state index is -0.778. The molecule has 1 unspecified atom stereocenters. The number of benzene rings is 3. The van der Waals surface area contributed by atoms with Gasteiger partial charge >= 0.3 is 6.03 Å². The van der Waals surface area contributed by atoms with Gasteiger partial charge in [0, 0.05) is 53.5 Å². The van der Waals surface area contributed by atoms with Crippen molar-refractivity contribution in [2.45, 2.75) is 32.9 Å². The van der Waals surface area contributed by atoms with Gasteiger partial charge in [0.1, 0.15) is 5.82 Å². The summed E-state index contributed by atoms with van der Waals surface area (Å²) in [6.45, 7) is 7.52. The lowest BCUT2D eigenvalue weighted by atomic mass is 10.1. The highest BCUT2D eigenvalue weighted by atomic mass is 16.2. The van der Waals surface area contributed by atoms with Crippen LogP contribution in [0.1, 0.15) is 22.4 Å². The van der Waals surface area contributed by atoms with Crippen molar-refractivity contribution in [1.29, 1.82) is 0 Å². The number of amides is 4. The number of nitrogens with one attached hydrogen (secondary N) is 4. The number of hydrogen-bond donors (Lipinski definition) is 5. The number of aryl methyl sites for hydroxylation is 2. The lowest BCUT2D eigenvalue weighted by Crippen LogP contribution is -2.46. The molecule has 1 aliphatic rings. The summed E-state index contributed by atoms with van der Waals surface area (Å²) in [6.07, 6.45) is 3.23. The molecule has 0 saturated carbocycles. The first kappa shape index (κ1) is 31.0. The number of rotatable bonds is 9. The Hall–Kier alpha value is -6.01. The molecule has 238 valence electrons. The molecule has 12 heteroatoms. The van der Waals surface area contributed by atoms with E-state index in [1.807, 2.05) is 62.4 Å². The molecule has 12 nitrogen and oxygen atoms in total. The third-order valence-corrected chi connectivity index (χ3v) is 8.07. The molecule has 1 atom stereocenters. The minimum absolute atomic E-state index is 0.235. The van der Waals surface area contributed by atoms with E-state index in [0.717, 1.165) is 33.3 Å². The standard InChI is InChI=1S/C35H35N9O3/c1-5-31(45)41-29-16-24(12-10-20(29)2)40-34-37-18-23-19-44(35(47)43(4)32(23)42-34)30-17-25(13-11-21(30)3)39-33(46)27(36)15-26-14-22-8-6-7-9-28(22)38-26/h5-14,16-18,27,38H,1,15,19,36H2,2-4H3,(H,39,46)(H,41,45)(H,37,40,42). The normalized spacial score (nSPS) is 13.2. The second-order valence-electron chi connectivity index (χ2n) is 11.5. The van der Waals surface area contributed by atoms with Gasteiger partial charge in [0.05, 0.1) is 18.3 Å². The molecule has 4 amide bonds. The second-order valence-corrected chi connectivity index (χ2v) is 11.5. The Balaban J connectivity index is 1.16. The van der Waals surface area contributed by atoms with E-state index in [2.05, 4.69) is 37.5 Å². The molecule has 3 aromatic carbocycles. The van der Waals surface area contributed by atoms with Crippen molar-refractivity contribution in [3.05, 3.63) is 108 Å². The van der Waals surface area contributed by atoms with Gasteiger partial charge in [0.25, 0.3) is 0 Å². The van der Waals surface area contributed by atoms with Crippen molar-refractivity contribution < 1.29 is 14.4 Å². The zero-order valence-corrected chi connectivity index (χ0v) is 26.3. The number of carbonyl (C=O) groups is 3. The summed E-state index contributed by atoms with van der Waals surface area (Å²) in [5.41, 5.74) is 13.1. The maximum atomic E-state index is 13.7. The zero-order chi connectivity index (χ0) is 33.2. The fraction of sp³-hybridized carbons (Fsp3) is 0.171. The van der Waals surface area contributed by atoms with Crippen LogP contribution in [0, 0.1) is 13.8 Å². The topological polar surface area (TPSA) is 161 Å². The number of para-hydroxylation sites is 1. The van der Waals surface area contributed by atoms with Gasteiger partial charge in [0.2, 0.25) is 17.8 Å². The van der Waals surface area contributed by atoms with Gasteiger partial charge in [-0.1, -0.05) is 36.9 Å². The Morgan fingerprint density at radius 2 is 1.81 bits per heavy atom. The van der Waals surface area contributed by atoms with E-state index < -0.39 is 6.04 Å². The predicted molar refractivity (Wildman–Crippen MR) is 185 cm³/mol. The molecule has 0 aliphatic carbocycles. The average Bonchev–Trinajstić information content (AvgIpc) is 3.47. The molecule has 6 N–H and O–H groups in total. The van der Waals surface area contributed by atoms with E-state index >= 15 is 0 Å². The van der Waals surface area contributed by atoms with Crippen molar-refractivity contribution in [3.63, 3.8) is 0 Å². The summed E-state index contributed by atoms with van der Waals surface area (Å²) in [6, 6.07) is 19.7. The van der Waals surface area contributed by atoms with Gasteiger partial charge in [-0.15, -0.1) is 0 Å². The molecule has 0 fully saturated rings. The molecular weight excluding hydrogens is 594 g/mol. The van der Waals surface area contributed by atoms with Gasteiger partial charge in [-0.25, -0.2) is 9.78 Å². The smallest absolute Gasteiger partial charge is 0.330 e. The van der Waals surface area contributed by atoms with Gasteiger partial charge in [-0.05, 0) is 72.8 Å². The van der Waals surface area contributed by atoms with Crippen molar-refractivity contribution in [2.75, 3.05) is 32.8 Å². The number of anilines is 6. The molecule has 0 radical (unpaired) electrons. The molecule has 2 aromatic heterocycles. The number of aromatic amines is 1. The molecular formula is C35H35N9O3. The van der Waals surface area contributed by atoms with Crippen molar-refractivity contribution in [3.8, 4) is 0 Å². The summed E-state index contributed by atoms with van der Waals surface area (Å²) in [5.74, 6) is 0.128. The van der Waals surface area contributed by atoms with Crippen LogP contribution in [-0.2, 0) is 22.6 Å². The third-order valence-electron chi connectivity index (χ3n) is 8.07. The van der Waals surface area contributed by atoms with Crippen LogP contribution in [0.5, 0.6) is 0 Å². The fourth-order valence-corrected chi connectivity index (χ4v) is 5.49. The third kappa shape index (κ3) is 6.53. The van der Waals surface area contributed by atoms with Crippen LogP contribution in [0.15, 0.2) is 85.6 Å². The molecule has 1 aliphatic heterocycles. The largest absolute Gasteiger partial charge is 0.358 e. The highest BCUT2D eigenvalue weighted by molar-refractivity contribution is 6.06. The van der Waals surface area contributed by atoms with Crippen LogP contribution < -0.4 is 31.5 Å². The predicted octanol–water partition coefficient (Wildman–Crippen LogP) is 5.53. The maximum Gasteiger partial charge on any atom is 0.330 e. The Morgan fingerprint density at radius 3 is 2.60 bits per heavy atom. The number of carbonyl (C=O) groups excluding carboxylic acids is 3. The molecule has 0 bridgehead atoms. The summed E-state index contributed by atoms with van der Waals surface area (Å²) >= 11 is 0. The van der Waals surface area contributed by atoms with Crippen LogP contribution in [0.3, 0.4) is 0 Å². The van der Waals surface area contributed by atoms with Crippen LogP contribution in [-0.4, -0.2) is 45.9 Å². The van der Waals surface area contributed by atoms with Gasteiger partial charge < -0.3 is 26.7 Å². The quantitative estimate of drug-likeness (QED) is 0.134. The monoisotopic (exact) mass is 629 g/mol. The number of H-pyrrole nitrogens is 1. The van der Waals surface area contributed by atoms with Crippen molar-refractivity contribution in [2.24, 2.45) is 5.73 Å². The first-order chi connectivity index (χ1) is 22.6. The van der Waals surface area contributed by atoms with Crippen LogP contribution in [0.25, 0.3) is 10.9 Å². The number of fused-ring (bicyclic) bond motifs is 2. The average molecular weight is 630 g/mol. The number of aromatic nitrogens is 3. The second kappa shape index (κ2) is 12.8. The maximum absolute atomic E-state index is 13.7. The van der Waals surface area contributed by atoms with Crippen molar-refractivity contribution >= 4 is 63.3 Å². The summed E-state index contributed by atoms with van der Waals surface area (Å²) in [5, 5.41) is 9.90. The zero-order valence-electron chi connectivity index (χ0n) is 26.3. The molecule has 3 heterocycles. The van der Waals surface area contributed by atoms with E-state index in [1.165, 1.54) is 11.0 Å². The highest BCUT2D eigenvalue weighted by Crippen LogP contribution is 2.34. The molecule has 5 aromatic rings. The van der Waals surface area contributed by atoms with E-state index in [4.69, 9.17) is 5.73 Å². The molecule has 6 rings (SSSR count). The minimum Gasteiger partial charge on any atom is -0.358 e. The Bertz CT molecular complexity index is 2000. The van der Waals surface area contributed by atoms with Gasteiger partial charge in [-0.3, -0.25) is 19.4 Å². The number of hydrogen-bond acceptors (Lipinski definition) is 7. The van der Waals surface area contributed by atoms with Crippen LogP contribution in [0.2, 0.25) is 0 Å². The number of nitrogens with zero attached hydrogens (tertiary/aromatic N) is 4. The summed E-state index contributed by atoms with van der Waals surface area (Å²) < 4.78 is 0. The lowest BCUT2D eigenvalue weighted by molar-refractivity contribution is -0.117. The molecule has 0 saturated heterocycles. The number of nitrogens with two attached hydrogens (primary N) is 1.